The van der Waals surface area contributed by atoms with Gasteiger partial charge in [0.25, 0.3) is 5.91 Å². The molecule has 138 valence electrons. The molecule has 0 saturated carbocycles. The smallest absolute Gasteiger partial charge is 0.255 e. The first kappa shape index (κ1) is 19.5. The number of nitrogens with one attached hydrogen (secondary N) is 2. The molecule has 0 aliphatic heterocycles. The summed E-state index contributed by atoms with van der Waals surface area (Å²) >= 11 is 0. The minimum Gasteiger partial charge on any atom is -0.494 e. The van der Waals surface area contributed by atoms with Gasteiger partial charge in [-0.3, -0.25) is 9.59 Å². The van der Waals surface area contributed by atoms with Crippen LogP contribution in [0, 0.1) is 0 Å². The summed E-state index contributed by atoms with van der Waals surface area (Å²) in [7, 11) is 1.52. The topological polar surface area (TPSA) is 93.5 Å². The highest BCUT2D eigenvalue weighted by Gasteiger charge is 2.11. The lowest BCUT2D eigenvalue weighted by atomic mass is 10.1. The van der Waals surface area contributed by atoms with Gasteiger partial charge in [-0.2, -0.15) is 0 Å². The number of hydrogen-bond donors (Lipinski definition) is 3. The van der Waals surface area contributed by atoms with E-state index in [4.69, 9.17) is 10.5 Å². The molecular weight excluding hydrogens is 330 g/mol. The van der Waals surface area contributed by atoms with E-state index >= 15 is 0 Å². The average molecular weight is 355 g/mol. The zero-order valence-corrected chi connectivity index (χ0v) is 15.2. The van der Waals surface area contributed by atoms with Gasteiger partial charge < -0.3 is 21.1 Å². The Morgan fingerprint density at radius 1 is 1.08 bits per heavy atom. The number of nitrogens with two attached hydrogens (primary N) is 1. The van der Waals surface area contributed by atoms with Crippen LogP contribution in [0.15, 0.2) is 42.5 Å². The molecule has 0 atom stereocenters. The molecule has 0 aromatic heterocycles. The second-order valence-electron chi connectivity index (χ2n) is 5.90. The maximum atomic E-state index is 12.4. The summed E-state index contributed by atoms with van der Waals surface area (Å²) < 4.78 is 5.32. The van der Waals surface area contributed by atoms with Crippen LogP contribution in [0.4, 0.5) is 11.4 Å². The van der Waals surface area contributed by atoms with Gasteiger partial charge in [0.2, 0.25) is 5.91 Å². The molecule has 2 amide bonds. The molecule has 26 heavy (non-hydrogen) atoms. The van der Waals surface area contributed by atoms with E-state index < -0.39 is 0 Å². The van der Waals surface area contributed by atoms with Gasteiger partial charge in [-0.25, -0.2) is 0 Å². The standard InChI is InChI=1S/C20H25N3O3/c1-3-4-19(24)23-17-10-9-16(13-18(17)26-2)22-20(25)15-7-5-14(6-8-15)11-12-21/h5-10,13H,3-4,11-12,21H2,1-2H3,(H,22,25)(H,23,24). The Hall–Kier alpha value is -2.86. The van der Waals surface area contributed by atoms with Crippen molar-refractivity contribution in [3.8, 4) is 5.75 Å². The summed E-state index contributed by atoms with van der Waals surface area (Å²) in [6.07, 6.45) is 2.00. The van der Waals surface area contributed by atoms with Crippen LogP contribution in [0.1, 0.15) is 35.7 Å². The zero-order chi connectivity index (χ0) is 18.9. The molecule has 6 heteroatoms. The molecule has 0 unspecified atom stereocenters. The lowest BCUT2D eigenvalue weighted by Gasteiger charge is -2.12. The van der Waals surface area contributed by atoms with Crippen molar-refractivity contribution in [2.75, 3.05) is 24.3 Å². The second-order valence-corrected chi connectivity index (χ2v) is 5.90. The van der Waals surface area contributed by atoms with Crippen LogP contribution < -0.4 is 21.1 Å². The van der Waals surface area contributed by atoms with Gasteiger partial charge in [0.1, 0.15) is 5.75 Å². The molecular formula is C20H25N3O3. The van der Waals surface area contributed by atoms with Crippen LogP contribution in [-0.4, -0.2) is 25.5 Å². The van der Waals surface area contributed by atoms with E-state index in [9.17, 15) is 9.59 Å². The third-order valence-electron chi connectivity index (χ3n) is 3.86. The van der Waals surface area contributed by atoms with Crippen molar-refractivity contribution >= 4 is 23.2 Å². The fraction of sp³-hybridized carbons (Fsp3) is 0.300. The van der Waals surface area contributed by atoms with E-state index in [2.05, 4.69) is 10.6 Å². The molecule has 0 radical (unpaired) electrons. The summed E-state index contributed by atoms with van der Waals surface area (Å²) in [5, 5.41) is 5.64. The van der Waals surface area contributed by atoms with Crippen molar-refractivity contribution in [3.05, 3.63) is 53.6 Å². The molecule has 4 N–H and O–H groups in total. The van der Waals surface area contributed by atoms with Gasteiger partial charge >= 0.3 is 0 Å². The van der Waals surface area contributed by atoms with E-state index in [1.54, 1.807) is 30.3 Å². The number of benzene rings is 2. The van der Waals surface area contributed by atoms with E-state index in [1.807, 2.05) is 19.1 Å². The summed E-state index contributed by atoms with van der Waals surface area (Å²) in [4.78, 5) is 24.1. The summed E-state index contributed by atoms with van der Waals surface area (Å²) in [6, 6.07) is 12.5. The quantitative estimate of drug-likeness (QED) is 0.678. The highest BCUT2D eigenvalue weighted by molar-refractivity contribution is 6.04. The van der Waals surface area contributed by atoms with E-state index in [0.29, 0.717) is 35.7 Å². The maximum absolute atomic E-state index is 12.4. The van der Waals surface area contributed by atoms with Gasteiger partial charge in [0.15, 0.2) is 0 Å². The number of rotatable bonds is 8. The minimum atomic E-state index is -0.214. The fourth-order valence-corrected chi connectivity index (χ4v) is 2.50. The molecule has 2 rings (SSSR count). The van der Waals surface area contributed by atoms with E-state index in [1.165, 1.54) is 7.11 Å². The number of carbonyl (C=O) groups is 2. The fourth-order valence-electron chi connectivity index (χ4n) is 2.50. The Bertz CT molecular complexity index is 757. The number of ether oxygens (including phenoxy) is 1. The molecule has 0 aliphatic rings. The first-order chi connectivity index (χ1) is 12.6. The Morgan fingerprint density at radius 3 is 2.42 bits per heavy atom. The average Bonchev–Trinajstić information content (AvgIpc) is 2.64. The van der Waals surface area contributed by atoms with Crippen LogP contribution in [0.3, 0.4) is 0 Å². The third-order valence-corrected chi connectivity index (χ3v) is 3.86. The van der Waals surface area contributed by atoms with Crippen LogP contribution in [0.5, 0.6) is 5.75 Å². The highest BCUT2D eigenvalue weighted by atomic mass is 16.5. The van der Waals surface area contributed by atoms with Crippen molar-refractivity contribution in [3.63, 3.8) is 0 Å². The number of amides is 2. The molecule has 0 bridgehead atoms. The molecule has 0 saturated heterocycles. The number of hydrogen-bond acceptors (Lipinski definition) is 4. The SMILES string of the molecule is CCCC(=O)Nc1ccc(NC(=O)c2ccc(CCN)cc2)cc1OC. The molecule has 0 aliphatic carbocycles. The van der Waals surface area contributed by atoms with Crippen molar-refractivity contribution in [2.24, 2.45) is 5.73 Å². The zero-order valence-electron chi connectivity index (χ0n) is 15.2. The van der Waals surface area contributed by atoms with Gasteiger partial charge in [-0.15, -0.1) is 0 Å². The van der Waals surface area contributed by atoms with Crippen LogP contribution in [0.25, 0.3) is 0 Å². The minimum absolute atomic E-state index is 0.0693. The van der Waals surface area contributed by atoms with Gasteiger partial charge in [0, 0.05) is 23.7 Å². The summed E-state index contributed by atoms with van der Waals surface area (Å²) in [5.41, 5.74) is 8.35. The van der Waals surface area contributed by atoms with Gasteiger partial charge in [0.05, 0.1) is 12.8 Å². The Labute approximate surface area is 153 Å². The van der Waals surface area contributed by atoms with Crippen LogP contribution in [-0.2, 0) is 11.2 Å². The lowest BCUT2D eigenvalue weighted by molar-refractivity contribution is -0.116. The molecule has 0 heterocycles. The number of methoxy groups -OCH3 is 1. The van der Waals surface area contributed by atoms with E-state index in [-0.39, 0.29) is 11.8 Å². The largest absolute Gasteiger partial charge is 0.494 e. The highest BCUT2D eigenvalue weighted by Crippen LogP contribution is 2.28. The predicted molar refractivity (Wildman–Crippen MR) is 104 cm³/mol. The number of carbonyl (C=O) groups excluding carboxylic acids is 2. The Morgan fingerprint density at radius 2 is 1.81 bits per heavy atom. The Kier molecular flexibility index (Phi) is 7.17. The first-order valence-electron chi connectivity index (χ1n) is 8.65. The predicted octanol–water partition coefficient (Wildman–Crippen LogP) is 3.19. The molecule has 2 aromatic rings. The monoisotopic (exact) mass is 355 g/mol. The third kappa shape index (κ3) is 5.32. The van der Waals surface area contributed by atoms with Crippen molar-refractivity contribution < 1.29 is 14.3 Å². The van der Waals surface area contributed by atoms with Gasteiger partial charge in [-0.1, -0.05) is 19.1 Å². The van der Waals surface area contributed by atoms with Crippen molar-refractivity contribution in [1.29, 1.82) is 0 Å². The molecule has 2 aromatic carbocycles. The van der Waals surface area contributed by atoms with Crippen LogP contribution in [0.2, 0.25) is 0 Å². The van der Waals surface area contributed by atoms with Gasteiger partial charge in [-0.05, 0) is 49.2 Å². The van der Waals surface area contributed by atoms with Crippen LogP contribution >= 0.6 is 0 Å². The Balaban J connectivity index is 2.08. The number of anilines is 2. The second kappa shape index (κ2) is 9.58. The summed E-state index contributed by atoms with van der Waals surface area (Å²) in [6.45, 7) is 2.52. The maximum Gasteiger partial charge on any atom is 0.255 e. The molecule has 0 fully saturated rings. The summed E-state index contributed by atoms with van der Waals surface area (Å²) in [5.74, 6) is 0.208. The normalized spacial score (nSPS) is 10.3. The first-order valence-corrected chi connectivity index (χ1v) is 8.65. The molecule has 6 nitrogen and oxygen atoms in total. The van der Waals surface area contributed by atoms with Crippen molar-refractivity contribution in [2.45, 2.75) is 26.2 Å². The van der Waals surface area contributed by atoms with Crippen molar-refractivity contribution in [1.82, 2.24) is 0 Å². The lowest BCUT2D eigenvalue weighted by Crippen LogP contribution is -2.14. The molecule has 0 spiro atoms. The van der Waals surface area contributed by atoms with E-state index in [0.717, 1.165) is 18.4 Å².